The average molecular weight is 421 g/mol. The fourth-order valence-corrected chi connectivity index (χ4v) is 4.03. The summed E-state index contributed by atoms with van der Waals surface area (Å²) in [6.07, 6.45) is -1.45. The summed E-state index contributed by atoms with van der Waals surface area (Å²) in [6, 6.07) is 6.58. The molecule has 29 heavy (non-hydrogen) atoms. The van der Waals surface area contributed by atoms with Gasteiger partial charge in [-0.15, -0.1) is 0 Å². The van der Waals surface area contributed by atoms with Crippen molar-refractivity contribution in [2.75, 3.05) is 6.61 Å². The summed E-state index contributed by atoms with van der Waals surface area (Å²) < 4.78 is 7.05. The Labute approximate surface area is 168 Å². The van der Waals surface area contributed by atoms with Gasteiger partial charge < -0.3 is 25.3 Å². The van der Waals surface area contributed by atoms with Crippen LogP contribution in [0.3, 0.4) is 0 Å². The summed E-state index contributed by atoms with van der Waals surface area (Å²) >= 11 is 1.41. The Morgan fingerprint density at radius 1 is 1.14 bits per heavy atom. The summed E-state index contributed by atoms with van der Waals surface area (Å²) in [5, 5.41) is 49.0. The average Bonchev–Trinajstić information content (AvgIpc) is 3.28. The molecule has 4 rings (SSSR count). The van der Waals surface area contributed by atoms with E-state index in [2.05, 4.69) is 15.0 Å². The van der Waals surface area contributed by atoms with E-state index >= 15 is 0 Å². The Bertz CT molecular complexity index is 984. The van der Waals surface area contributed by atoms with Gasteiger partial charge in [-0.2, -0.15) is 5.23 Å². The molecule has 1 aromatic carbocycles. The molecule has 1 unspecified atom stereocenters. The third-order valence-electron chi connectivity index (χ3n) is 4.69. The maximum atomic E-state index is 10.9. The van der Waals surface area contributed by atoms with Crippen LogP contribution in [0.1, 0.15) is 11.8 Å². The monoisotopic (exact) mass is 421 g/mol. The molecule has 0 aliphatic carbocycles. The number of benzene rings is 1. The van der Waals surface area contributed by atoms with Crippen molar-refractivity contribution in [1.82, 2.24) is 19.5 Å². The van der Waals surface area contributed by atoms with Crippen molar-refractivity contribution in [2.45, 2.75) is 35.3 Å². The summed E-state index contributed by atoms with van der Waals surface area (Å²) in [5.41, 5.74) is 2.09. The van der Waals surface area contributed by atoms with Crippen LogP contribution in [0.5, 0.6) is 0 Å². The maximum Gasteiger partial charge on any atom is 0.166 e. The largest absolute Gasteiger partial charge is 0.595 e. The van der Waals surface area contributed by atoms with Gasteiger partial charge in [-0.05, 0) is 5.56 Å². The van der Waals surface area contributed by atoms with E-state index in [1.165, 1.54) is 29.0 Å². The van der Waals surface area contributed by atoms with E-state index in [4.69, 9.17) is 9.94 Å². The predicted molar refractivity (Wildman–Crippen MR) is 100 cm³/mol. The molecule has 0 amide bonds. The topological polar surface area (TPSA) is 161 Å². The number of ether oxygens (including phenoxy) is 1. The molecule has 3 aromatic rings. The molecule has 0 radical (unpaired) electrons. The Hall–Kier alpha value is -2.16. The van der Waals surface area contributed by atoms with E-state index < -0.39 is 36.4 Å². The lowest BCUT2D eigenvalue weighted by molar-refractivity contribution is -0.991. The van der Waals surface area contributed by atoms with Crippen LogP contribution in [0.4, 0.5) is 5.69 Å². The molecule has 5 atom stereocenters. The van der Waals surface area contributed by atoms with Crippen molar-refractivity contribution in [1.29, 1.82) is 0 Å². The first-order chi connectivity index (χ1) is 14.0. The number of aliphatic hydroxyl groups is 3. The number of nitrogens with one attached hydrogen (secondary N) is 1. The van der Waals surface area contributed by atoms with Gasteiger partial charge in [-0.25, -0.2) is 20.2 Å². The van der Waals surface area contributed by atoms with E-state index in [9.17, 15) is 20.5 Å². The highest BCUT2D eigenvalue weighted by atomic mass is 32.2. The summed E-state index contributed by atoms with van der Waals surface area (Å²) in [5.74, 6) is 0.548. The first kappa shape index (κ1) is 20.1. The number of quaternary nitrogens is 1. The molecule has 1 fully saturated rings. The minimum atomic E-state index is -1.23. The van der Waals surface area contributed by atoms with Crippen LogP contribution in [-0.4, -0.2) is 65.0 Å². The zero-order valence-corrected chi connectivity index (χ0v) is 15.8. The van der Waals surface area contributed by atoms with Gasteiger partial charge in [0, 0.05) is 17.9 Å². The van der Waals surface area contributed by atoms with E-state index in [1.807, 2.05) is 0 Å². The second-order valence-corrected chi connectivity index (χ2v) is 7.49. The zero-order chi connectivity index (χ0) is 20.5. The quantitative estimate of drug-likeness (QED) is 0.192. The first-order valence-corrected chi connectivity index (χ1v) is 9.73. The molecule has 2 aromatic heterocycles. The first-order valence-electron chi connectivity index (χ1n) is 8.74. The van der Waals surface area contributed by atoms with Gasteiger partial charge in [0.2, 0.25) is 0 Å². The van der Waals surface area contributed by atoms with Gasteiger partial charge in [0.25, 0.3) is 0 Å². The van der Waals surface area contributed by atoms with Crippen LogP contribution in [-0.2, 0) is 10.5 Å². The summed E-state index contributed by atoms with van der Waals surface area (Å²) in [6.45, 7) is -0.419. The summed E-state index contributed by atoms with van der Waals surface area (Å²) in [4.78, 5) is 12.8. The van der Waals surface area contributed by atoms with Gasteiger partial charge >= 0.3 is 0 Å². The molecule has 0 spiro atoms. The maximum absolute atomic E-state index is 10.9. The molecular weight excluding hydrogens is 402 g/mol. The van der Waals surface area contributed by atoms with E-state index in [-0.39, 0.29) is 5.69 Å². The lowest BCUT2D eigenvalue weighted by Gasteiger charge is -2.16. The highest BCUT2D eigenvalue weighted by Gasteiger charge is 2.44. The van der Waals surface area contributed by atoms with Crippen LogP contribution in [0.25, 0.3) is 11.2 Å². The fraction of sp³-hybridized carbons (Fsp3) is 0.353. The van der Waals surface area contributed by atoms with Crippen molar-refractivity contribution in [3.63, 3.8) is 0 Å². The molecule has 0 bridgehead atoms. The molecule has 0 saturated carbocycles. The third kappa shape index (κ3) is 3.84. The molecule has 5 N–H and O–H groups in total. The lowest BCUT2D eigenvalue weighted by Crippen LogP contribution is -2.99. The number of hydrogen-bond acceptors (Lipinski definition) is 10. The molecular formula is C17H19N5O6S. The molecule has 11 nitrogen and oxygen atoms in total. The smallest absolute Gasteiger partial charge is 0.166 e. The predicted octanol–water partition coefficient (Wildman–Crippen LogP) is -0.867. The van der Waals surface area contributed by atoms with Gasteiger partial charge in [0.15, 0.2) is 17.6 Å². The molecule has 1 aliphatic rings. The number of thioether (sulfide) groups is 1. The van der Waals surface area contributed by atoms with Crippen molar-refractivity contribution in [2.24, 2.45) is 0 Å². The van der Waals surface area contributed by atoms with E-state index in [0.717, 1.165) is 5.56 Å². The number of aromatic nitrogens is 4. The Kier molecular flexibility index (Phi) is 5.76. The minimum Gasteiger partial charge on any atom is -0.595 e. The highest BCUT2D eigenvalue weighted by molar-refractivity contribution is 7.98. The van der Waals surface area contributed by atoms with Crippen LogP contribution in [0, 0.1) is 5.21 Å². The van der Waals surface area contributed by atoms with Gasteiger partial charge in [0.1, 0.15) is 35.2 Å². The standard InChI is InChI=1S/C17H19N5O6S/c23-5-11-13(24)14(25)17(28-11)21-8-20-12-15(21)18-7-19-16(12)29-6-9-1-3-10(4-2-9)22(26)27/h1-4,7-8,11,13-14,17,22-26H,5-6H2/t11-,13-,14-,17+/m0/s1. The van der Waals surface area contributed by atoms with Gasteiger partial charge in [0.05, 0.1) is 12.9 Å². The van der Waals surface area contributed by atoms with Crippen molar-refractivity contribution < 1.29 is 30.5 Å². The van der Waals surface area contributed by atoms with Crippen LogP contribution in [0.15, 0.2) is 41.9 Å². The van der Waals surface area contributed by atoms with Crippen molar-refractivity contribution in [3.05, 3.63) is 47.7 Å². The van der Waals surface area contributed by atoms with Crippen molar-refractivity contribution >= 4 is 28.6 Å². The van der Waals surface area contributed by atoms with Crippen LogP contribution in [0.2, 0.25) is 0 Å². The van der Waals surface area contributed by atoms with Crippen LogP contribution >= 0.6 is 11.8 Å². The SMILES string of the molecule is [O-][NH+](O)c1ccc(CSc2ncnc3c2ncn3[C@@H]2O[C@@H](CO)[C@H](O)[C@@H]2O)cc1. The van der Waals surface area contributed by atoms with Gasteiger partial charge in [-0.1, -0.05) is 23.9 Å². The number of imidazole rings is 1. The molecule has 154 valence electrons. The second-order valence-electron chi connectivity index (χ2n) is 6.52. The third-order valence-corrected chi connectivity index (χ3v) is 5.74. The number of nitrogens with zero attached hydrogens (tertiary/aromatic N) is 4. The summed E-state index contributed by atoms with van der Waals surface area (Å²) in [7, 11) is 0. The van der Waals surface area contributed by atoms with Crippen molar-refractivity contribution in [3.8, 4) is 0 Å². The lowest BCUT2D eigenvalue weighted by atomic mass is 10.1. The zero-order valence-electron chi connectivity index (χ0n) is 15.0. The Morgan fingerprint density at radius 3 is 2.55 bits per heavy atom. The molecule has 1 aliphatic heterocycles. The highest BCUT2D eigenvalue weighted by Crippen LogP contribution is 2.33. The minimum absolute atomic E-state index is 0.223. The normalized spacial score (nSPS) is 25.6. The van der Waals surface area contributed by atoms with Gasteiger partial charge in [-0.3, -0.25) is 4.57 Å². The number of aliphatic hydroxyl groups excluding tert-OH is 3. The molecule has 1 saturated heterocycles. The number of rotatable bonds is 6. The molecule has 3 heterocycles. The Morgan fingerprint density at radius 2 is 1.90 bits per heavy atom. The Balaban J connectivity index is 1.55. The number of hydrogen-bond donors (Lipinski definition) is 5. The molecule has 12 heteroatoms. The van der Waals surface area contributed by atoms with E-state index in [0.29, 0.717) is 21.9 Å². The van der Waals surface area contributed by atoms with Crippen LogP contribution < -0.4 is 5.23 Å². The van der Waals surface area contributed by atoms with E-state index in [1.54, 1.807) is 24.3 Å². The fourth-order valence-electron chi connectivity index (χ4n) is 3.13. The second kappa shape index (κ2) is 8.30. The number of fused-ring (bicyclic) bond motifs is 1.